The summed E-state index contributed by atoms with van der Waals surface area (Å²) in [4.78, 5) is 26.0. The third-order valence-corrected chi connectivity index (χ3v) is 5.55. The van der Waals surface area contributed by atoms with Gasteiger partial charge >= 0.3 is 0 Å². The number of benzene rings is 2. The number of rotatable bonds is 7. The van der Waals surface area contributed by atoms with E-state index in [-0.39, 0.29) is 17.5 Å². The van der Waals surface area contributed by atoms with Crippen LogP contribution in [-0.2, 0) is 11.3 Å². The number of carbonyl (C=O) groups is 1. The molecule has 0 saturated heterocycles. The molecular weight excluding hydrogens is 425 g/mol. The van der Waals surface area contributed by atoms with Gasteiger partial charge in [0.1, 0.15) is 17.3 Å². The molecule has 2 aromatic carbocycles. The minimum atomic E-state index is -0.326. The van der Waals surface area contributed by atoms with Crippen LogP contribution in [0.4, 0.5) is 10.2 Å². The lowest BCUT2D eigenvalue weighted by Crippen LogP contribution is -2.18. The second kappa shape index (κ2) is 9.74. The summed E-state index contributed by atoms with van der Waals surface area (Å²) in [5.74, 6) is 0.193. The molecular formula is C24H22FN5OS. The molecule has 0 spiro atoms. The zero-order chi connectivity index (χ0) is 22.5. The third-order valence-electron chi connectivity index (χ3n) is 4.70. The molecule has 0 aliphatic rings. The van der Waals surface area contributed by atoms with Gasteiger partial charge in [-0.05, 0) is 49.7 Å². The second-order valence-electron chi connectivity index (χ2n) is 7.33. The fourth-order valence-corrected chi connectivity index (χ4v) is 4.04. The average molecular weight is 448 g/mol. The minimum absolute atomic E-state index is 0.155. The maximum Gasteiger partial charge on any atom is 0.236 e. The first-order chi connectivity index (χ1) is 15.5. The summed E-state index contributed by atoms with van der Waals surface area (Å²) in [6.07, 6.45) is 1.68. The van der Waals surface area contributed by atoms with Crippen molar-refractivity contribution in [2.75, 3.05) is 11.1 Å². The van der Waals surface area contributed by atoms with E-state index in [1.54, 1.807) is 18.5 Å². The Labute approximate surface area is 190 Å². The van der Waals surface area contributed by atoms with Gasteiger partial charge in [-0.1, -0.05) is 42.1 Å². The first-order valence-corrected chi connectivity index (χ1v) is 11.1. The van der Waals surface area contributed by atoms with Crippen LogP contribution in [-0.4, -0.2) is 31.2 Å². The molecule has 0 bridgehead atoms. The number of aromatic nitrogens is 4. The van der Waals surface area contributed by atoms with Gasteiger partial charge in [0.15, 0.2) is 5.16 Å². The highest BCUT2D eigenvalue weighted by Crippen LogP contribution is 2.28. The summed E-state index contributed by atoms with van der Waals surface area (Å²) in [6.45, 7) is 4.34. The van der Waals surface area contributed by atoms with Gasteiger partial charge in [-0.25, -0.2) is 19.3 Å². The summed E-state index contributed by atoms with van der Waals surface area (Å²) < 4.78 is 15.3. The van der Waals surface area contributed by atoms with Crippen LogP contribution >= 0.6 is 11.8 Å². The van der Waals surface area contributed by atoms with Crippen molar-refractivity contribution in [3.8, 4) is 11.3 Å². The molecule has 2 heterocycles. The minimum Gasteiger partial charge on any atom is -0.312 e. The van der Waals surface area contributed by atoms with Crippen LogP contribution in [0, 0.1) is 19.7 Å². The van der Waals surface area contributed by atoms with Crippen molar-refractivity contribution in [2.45, 2.75) is 25.5 Å². The lowest BCUT2D eigenvalue weighted by atomic mass is 10.1. The van der Waals surface area contributed by atoms with E-state index < -0.39 is 0 Å². The van der Waals surface area contributed by atoms with Gasteiger partial charge in [0.2, 0.25) is 5.91 Å². The maximum absolute atomic E-state index is 13.4. The van der Waals surface area contributed by atoms with E-state index in [1.165, 1.54) is 23.9 Å². The zero-order valence-corrected chi connectivity index (χ0v) is 18.6. The van der Waals surface area contributed by atoms with E-state index >= 15 is 0 Å². The van der Waals surface area contributed by atoms with Crippen LogP contribution in [0.5, 0.6) is 0 Å². The van der Waals surface area contributed by atoms with Crippen molar-refractivity contribution < 1.29 is 9.18 Å². The number of thioether (sulfide) groups is 1. The number of carbonyl (C=O) groups excluding carboxylic acids is 1. The molecule has 1 N–H and O–H groups in total. The van der Waals surface area contributed by atoms with E-state index in [4.69, 9.17) is 0 Å². The summed E-state index contributed by atoms with van der Waals surface area (Å²) in [5.41, 5.74) is 4.10. The van der Waals surface area contributed by atoms with Crippen molar-refractivity contribution in [1.82, 2.24) is 19.5 Å². The van der Waals surface area contributed by atoms with Gasteiger partial charge in [-0.3, -0.25) is 4.79 Å². The lowest BCUT2D eigenvalue weighted by Gasteiger charge is -2.12. The molecule has 32 heavy (non-hydrogen) atoms. The number of nitrogens with one attached hydrogen (secondary N) is 1. The molecule has 0 atom stereocenters. The highest BCUT2D eigenvalue weighted by molar-refractivity contribution is 7.99. The van der Waals surface area contributed by atoms with Crippen molar-refractivity contribution in [2.24, 2.45) is 0 Å². The van der Waals surface area contributed by atoms with E-state index in [0.717, 1.165) is 22.5 Å². The molecule has 0 saturated carbocycles. The van der Waals surface area contributed by atoms with Crippen molar-refractivity contribution >= 4 is 23.5 Å². The predicted molar refractivity (Wildman–Crippen MR) is 124 cm³/mol. The summed E-state index contributed by atoms with van der Waals surface area (Å²) in [5, 5.41) is 3.55. The molecule has 8 heteroatoms. The topological polar surface area (TPSA) is 72.7 Å². The number of amides is 1. The van der Waals surface area contributed by atoms with Crippen LogP contribution in [0.3, 0.4) is 0 Å². The van der Waals surface area contributed by atoms with Crippen LogP contribution in [0.15, 0.2) is 72.1 Å². The van der Waals surface area contributed by atoms with Crippen molar-refractivity contribution in [3.05, 3.63) is 89.8 Å². The number of aryl methyl sites for hydroxylation is 2. The molecule has 1 amide bonds. The number of hydrogen-bond acceptors (Lipinski definition) is 5. The van der Waals surface area contributed by atoms with Gasteiger partial charge in [0.25, 0.3) is 0 Å². The molecule has 0 fully saturated rings. The Kier molecular flexibility index (Phi) is 6.61. The number of imidazole rings is 1. The quantitative estimate of drug-likeness (QED) is 0.323. The Bertz CT molecular complexity index is 1200. The smallest absolute Gasteiger partial charge is 0.236 e. The molecule has 0 aliphatic carbocycles. The van der Waals surface area contributed by atoms with Crippen LogP contribution < -0.4 is 5.32 Å². The van der Waals surface area contributed by atoms with Crippen LogP contribution in [0.2, 0.25) is 0 Å². The molecule has 4 aromatic rings. The van der Waals surface area contributed by atoms with Gasteiger partial charge < -0.3 is 9.88 Å². The lowest BCUT2D eigenvalue weighted by molar-refractivity contribution is -0.113. The van der Waals surface area contributed by atoms with E-state index in [2.05, 4.69) is 20.3 Å². The standard InChI is InChI=1S/C24H22FN5OS/c1-16-12-17(2)28-24(27-16)32-14-21(31)29-23-22(19-8-10-20(25)11-9-19)26-15-30(23)13-18-6-4-3-5-7-18/h3-12,15H,13-14H2,1-2H3,(H,29,31). The monoisotopic (exact) mass is 447 g/mol. The van der Waals surface area contributed by atoms with Gasteiger partial charge in [0.05, 0.1) is 18.6 Å². The molecule has 4 rings (SSSR count). The summed E-state index contributed by atoms with van der Waals surface area (Å²) in [6, 6.07) is 17.9. The summed E-state index contributed by atoms with van der Waals surface area (Å²) >= 11 is 1.28. The van der Waals surface area contributed by atoms with Crippen molar-refractivity contribution in [3.63, 3.8) is 0 Å². The van der Waals surface area contributed by atoms with Crippen LogP contribution in [0.1, 0.15) is 17.0 Å². The van der Waals surface area contributed by atoms with E-state index in [1.807, 2.05) is 54.8 Å². The summed E-state index contributed by atoms with van der Waals surface area (Å²) in [7, 11) is 0. The highest BCUT2D eigenvalue weighted by Gasteiger charge is 2.17. The second-order valence-corrected chi connectivity index (χ2v) is 8.27. The normalized spacial score (nSPS) is 10.8. The number of halogens is 1. The Balaban J connectivity index is 1.57. The molecule has 0 radical (unpaired) electrons. The zero-order valence-electron chi connectivity index (χ0n) is 17.7. The number of hydrogen-bond donors (Lipinski definition) is 1. The number of anilines is 1. The van der Waals surface area contributed by atoms with Gasteiger partial charge in [0, 0.05) is 17.0 Å². The first kappa shape index (κ1) is 21.7. The van der Waals surface area contributed by atoms with E-state index in [0.29, 0.717) is 23.2 Å². The molecule has 6 nitrogen and oxygen atoms in total. The third kappa shape index (κ3) is 5.39. The predicted octanol–water partition coefficient (Wildman–Crippen LogP) is 4.88. The fourth-order valence-electron chi connectivity index (χ4n) is 3.29. The van der Waals surface area contributed by atoms with Crippen molar-refractivity contribution in [1.29, 1.82) is 0 Å². The Hall–Kier alpha value is -3.52. The Morgan fingerprint density at radius 3 is 2.41 bits per heavy atom. The molecule has 0 aliphatic heterocycles. The van der Waals surface area contributed by atoms with Gasteiger partial charge in [-0.15, -0.1) is 0 Å². The first-order valence-electron chi connectivity index (χ1n) is 10.1. The van der Waals surface area contributed by atoms with Crippen LogP contribution in [0.25, 0.3) is 11.3 Å². The Morgan fingerprint density at radius 1 is 1.03 bits per heavy atom. The highest BCUT2D eigenvalue weighted by atomic mass is 32.2. The van der Waals surface area contributed by atoms with Gasteiger partial charge in [-0.2, -0.15) is 0 Å². The number of nitrogens with zero attached hydrogens (tertiary/aromatic N) is 4. The SMILES string of the molecule is Cc1cc(C)nc(SCC(=O)Nc2c(-c3ccc(F)cc3)ncn2Cc2ccccc2)n1. The molecule has 0 unspecified atom stereocenters. The van der Waals surface area contributed by atoms with E-state index in [9.17, 15) is 9.18 Å². The largest absolute Gasteiger partial charge is 0.312 e. The molecule has 162 valence electrons. The fraction of sp³-hybridized carbons (Fsp3) is 0.167. The average Bonchev–Trinajstić information content (AvgIpc) is 3.15. The maximum atomic E-state index is 13.4. The molecule has 2 aromatic heterocycles. The Morgan fingerprint density at radius 2 is 1.72 bits per heavy atom.